The number of benzene rings is 1. The molecule has 0 unspecified atom stereocenters. The molecule has 4 rings (SSSR count). The molecular formula is C19H29BCl2N2O3. The maximum atomic E-state index is 12.4. The van der Waals surface area contributed by atoms with Crippen molar-refractivity contribution in [2.45, 2.75) is 67.6 Å². The third-order valence-corrected chi connectivity index (χ3v) is 6.88. The molecule has 0 aromatic heterocycles. The number of nitrogens with one attached hydrogen (secondary N) is 1. The van der Waals surface area contributed by atoms with Gasteiger partial charge in [0.1, 0.15) is 0 Å². The molecule has 1 amide bonds. The monoisotopic (exact) mass is 414 g/mol. The van der Waals surface area contributed by atoms with Crippen molar-refractivity contribution in [3.05, 3.63) is 35.4 Å². The lowest BCUT2D eigenvalue weighted by Gasteiger charge is -2.51. The van der Waals surface area contributed by atoms with E-state index in [9.17, 15) is 14.8 Å². The first-order valence-corrected chi connectivity index (χ1v) is 9.92. The molecule has 0 radical (unpaired) electrons. The van der Waals surface area contributed by atoms with Gasteiger partial charge in [0, 0.05) is 10.4 Å². The Kier molecular flexibility index (Phi) is 7.62. The second-order valence-electron chi connectivity index (χ2n) is 7.93. The predicted molar refractivity (Wildman–Crippen MR) is 111 cm³/mol. The Bertz CT molecular complexity index is 618. The zero-order valence-electron chi connectivity index (χ0n) is 15.5. The summed E-state index contributed by atoms with van der Waals surface area (Å²) in [6, 6.07) is 7.76. The molecule has 0 spiro atoms. The summed E-state index contributed by atoms with van der Waals surface area (Å²) in [5, 5.41) is 21.5. The van der Waals surface area contributed by atoms with E-state index in [-0.39, 0.29) is 28.6 Å². The van der Waals surface area contributed by atoms with E-state index >= 15 is 0 Å². The van der Waals surface area contributed by atoms with E-state index in [1.54, 1.807) is 0 Å². The molecule has 0 heterocycles. The van der Waals surface area contributed by atoms with Crippen LogP contribution in [-0.2, 0) is 5.41 Å². The highest BCUT2D eigenvalue weighted by Gasteiger charge is 2.48. The van der Waals surface area contributed by atoms with Crippen molar-refractivity contribution < 1.29 is 14.8 Å². The van der Waals surface area contributed by atoms with E-state index in [4.69, 9.17) is 17.3 Å². The van der Waals surface area contributed by atoms with Crippen LogP contribution in [0.25, 0.3) is 0 Å². The molecule has 27 heavy (non-hydrogen) atoms. The maximum Gasteiger partial charge on any atom is 0.475 e. The zero-order valence-corrected chi connectivity index (χ0v) is 17.1. The van der Waals surface area contributed by atoms with Gasteiger partial charge in [0.2, 0.25) is 0 Å². The minimum atomic E-state index is -1.59. The fraction of sp³-hybridized carbons (Fsp3) is 0.632. The smallest absolute Gasteiger partial charge is 0.426 e. The lowest BCUT2D eigenvalue weighted by Crippen LogP contribution is -2.46. The number of hydrogen-bond donors (Lipinski definition) is 4. The third kappa shape index (κ3) is 4.98. The van der Waals surface area contributed by atoms with Gasteiger partial charge in [-0.15, -0.1) is 24.0 Å². The Morgan fingerprint density at radius 3 is 2.19 bits per heavy atom. The molecule has 8 heteroatoms. The molecule has 0 aliphatic heterocycles. The van der Waals surface area contributed by atoms with Crippen molar-refractivity contribution in [3.8, 4) is 0 Å². The SMILES string of the molecule is Cl.NCCC[C@H](NC(=O)c1ccc(C23CCC(Cl)(CC2)CC3)cc1)B(O)O. The van der Waals surface area contributed by atoms with Crippen molar-refractivity contribution in [3.63, 3.8) is 0 Å². The van der Waals surface area contributed by atoms with Crippen LogP contribution in [-0.4, -0.2) is 40.4 Å². The lowest BCUT2D eigenvalue weighted by molar-refractivity contribution is 0.0940. The number of carbonyl (C=O) groups excluding carboxylic acids is 1. The molecule has 3 saturated carbocycles. The van der Waals surface area contributed by atoms with E-state index in [1.165, 1.54) is 5.56 Å². The first-order valence-electron chi connectivity index (χ1n) is 9.54. The summed E-state index contributed by atoms with van der Waals surface area (Å²) in [4.78, 5) is 12.4. The van der Waals surface area contributed by atoms with Gasteiger partial charge in [-0.2, -0.15) is 0 Å². The highest BCUT2D eigenvalue weighted by atomic mass is 35.5. The van der Waals surface area contributed by atoms with E-state index in [2.05, 4.69) is 5.32 Å². The molecule has 1 aromatic rings. The van der Waals surface area contributed by atoms with Gasteiger partial charge in [-0.3, -0.25) is 4.79 Å². The Balaban J connectivity index is 0.00000261. The first-order chi connectivity index (χ1) is 12.4. The molecule has 0 saturated heterocycles. The molecule has 5 nitrogen and oxygen atoms in total. The quantitative estimate of drug-likeness (QED) is 0.407. The summed E-state index contributed by atoms with van der Waals surface area (Å²) < 4.78 is 0. The molecule has 3 aliphatic carbocycles. The number of amides is 1. The van der Waals surface area contributed by atoms with Crippen LogP contribution in [0.2, 0.25) is 0 Å². The van der Waals surface area contributed by atoms with E-state index in [0.29, 0.717) is 24.9 Å². The predicted octanol–water partition coefficient (Wildman–Crippen LogP) is 2.54. The molecule has 2 bridgehead atoms. The van der Waals surface area contributed by atoms with Crippen molar-refractivity contribution in [1.82, 2.24) is 5.32 Å². The molecule has 1 atom stereocenters. The fourth-order valence-corrected chi connectivity index (χ4v) is 4.72. The van der Waals surface area contributed by atoms with Crippen LogP contribution in [0.15, 0.2) is 24.3 Å². The molecule has 3 aliphatic rings. The van der Waals surface area contributed by atoms with E-state index in [1.807, 2.05) is 24.3 Å². The Morgan fingerprint density at radius 1 is 1.15 bits per heavy atom. The van der Waals surface area contributed by atoms with Gasteiger partial charge >= 0.3 is 7.12 Å². The average molecular weight is 415 g/mol. The molecular weight excluding hydrogens is 386 g/mol. The molecule has 3 fully saturated rings. The van der Waals surface area contributed by atoms with Gasteiger partial charge in [0.25, 0.3) is 5.91 Å². The standard InChI is InChI=1S/C19H28BClN2O3.ClH/c21-19-10-7-18(8-11-19,9-12-19)15-5-3-14(4-6-15)17(24)23-16(20(25)26)2-1-13-22;/h3-6,16,25-26H,1-2,7-13,22H2,(H,23,24);1H/t16-,18?,19?;/m0./s1. The van der Waals surface area contributed by atoms with Crippen LogP contribution in [0.5, 0.6) is 0 Å². The maximum absolute atomic E-state index is 12.4. The largest absolute Gasteiger partial charge is 0.475 e. The van der Waals surface area contributed by atoms with Crippen LogP contribution in [0.3, 0.4) is 0 Å². The van der Waals surface area contributed by atoms with Gasteiger partial charge in [0.15, 0.2) is 0 Å². The summed E-state index contributed by atoms with van der Waals surface area (Å²) in [5.41, 5.74) is 7.48. The molecule has 150 valence electrons. The summed E-state index contributed by atoms with van der Waals surface area (Å²) in [5.74, 6) is -1.01. The Hall–Kier alpha value is -0.785. The molecule has 1 aromatic carbocycles. The van der Waals surface area contributed by atoms with Gasteiger partial charge in [0.05, 0.1) is 5.94 Å². The minimum Gasteiger partial charge on any atom is -0.426 e. The van der Waals surface area contributed by atoms with Gasteiger partial charge in [-0.05, 0) is 81.0 Å². The summed E-state index contributed by atoms with van der Waals surface area (Å²) in [6.45, 7) is 0.444. The van der Waals surface area contributed by atoms with Gasteiger partial charge in [-0.1, -0.05) is 12.1 Å². The average Bonchev–Trinajstić information content (AvgIpc) is 2.66. The second kappa shape index (κ2) is 9.14. The van der Waals surface area contributed by atoms with Crippen molar-refractivity contribution in [1.29, 1.82) is 0 Å². The van der Waals surface area contributed by atoms with Crippen molar-refractivity contribution in [2.75, 3.05) is 6.54 Å². The number of hydrogen-bond acceptors (Lipinski definition) is 4. The number of rotatable bonds is 7. The summed E-state index contributed by atoms with van der Waals surface area (Å²) in [7, 11) is -1.59. The van der Waals surface area contributed by atoms with Gasteiger partial charge in [-0.25, -0.2) is 0 Å². The fourth-order valence-electron chi connectivity index (χ4n) is 4.43. The molecule has 5 N–H and O–H groups in total. The van der Waals surface area contributed by atoms with Crippen LogP contribution in [0.1, 0.15) is 67.3 Å². The van der Waals surface area contributed by atoms with Crippen LogP contribution < -0.4 is 11.1 Å². The topological polar surface area (TPSA) is 95.6 Å². The first kappa shape index (κ1) is 22.5. The number of halogens is 2. The number of carbonyl (C=O) groups is 1. The van der Waals surface area contributed by atoms with E-state index < -0.39 is 13.1 Å². The second-order valence-corrected chi connectivity index (χ2v) is 8.73. The Labute approximate surface area is 172 Å². The van der Waals surface area contributed by atoms with Crippen LogP contribution in [0, 0.1) is 0 Å². The number of fused-ring (bicyclic) bond motifs is 3. The van der Waals surface area contributed by atoms with Crippen molar-refractivity contribution >= 4 is 37.0 Å². The summed E-state index contributed by atoms with van der Waals surface area (Å²) >= 11 is 6.62. The highest BCUT2D eigenvalue weighted by Crippen LogP contribution is 2.56. The van der Waals surface area contributed by atoms with Crippen LogP contribution >= 0.6 is 24.0 Å². The lowest BCUT2D eigenvalue weighted by atomic mass is 9.57. The zero-order chi connectivity index (χ0) is 18.8. The summed E-state index contributed by atoms with van der Waals surface area (Å²) in [6.07, 6.45) is 7.57. The normalized spacial score (nSPS) is 27.6. The Morgan fingerprint density at radius 2 is 1.70 bits per heavy atom. The number of nitrogens with two attached hydrogens (primary N) is 1. The van der Waals surface area contributed by atoms with E-state index in [0.717, 1.165) is 38.5 Å². The van der Waals surface area contributed by atoms with Gasteiger partial charge < -0.3 is 21.1 Å². The van der Waals surface area contributed by atoms with Crippen LogP contribution in [0.4, 0.5) is 0 Å². The highest BCUT2D eigenvalue weighted by molar-refractivity contribution is 6.43. The van der Waals surface area contributed by atoms with Crippen molar-refractivity contribution in [2.24, 2.45) is 5.73 Å². The minimum absolute atomic E-state index is 0. The third-order valence-electron chi connectivity index (χ3n) is 6.31. The number of alkyl halides is 1.